The molecule has 0 atom stereocenters. The summed E-state index contributed by atoms with van der Waals surface area (Å²) in [5.41, 5.74) is 12.0. The van der Waals surface area contributed by atoms with Gasteiger partial charge in [0.25, 0.3) is 5.91 Å². The first-order valence-corrected chi connectivity index (χ1v) is 6.56. The van der Waals surface area contributed by atoms with E-state index >= 15 is 0 Å². The molecule has 1 aliphatic rings. The SMILES string of the molecule is NC(=O)c1cc(N)ncc1N(CCO)C1CCCC1. The Hall–Kier alpha value is -1.82. The molecule has 1 heterocycles. The Labute approximate surface area is 112 Å². The van der Waals surface area contributed by atoms with Crippen LogP contribution < -0.4 is 16.4 Å². The number of hydrogen-bond acceptors (Lipinski definition) is 5. The zero-order valence-electron chi connectivity index (χ0n) is 10.9. The van der Waals surface area contributed by atoms with Gasteiger partial charge in [0.1, 0.15) is 5.82 Å². The molecule has 6 heteroatoms. The molecule has 19 heavy (non-hydrogen) atoms. The van der Waals surface area contributed by atoms with Crippen molar-refractivity contribution in [3.8, 4) is 0 Å². The van der Waals surface area contributed by atoms with E-state index in [-0.39, 0.29) is 12.4 Å². The van der Waals surface area contributed by atoms with Gasteiger partial charge in [0.05, 0.1) is 24.1 Å². The third-order valence-electron chi connectivity index (χ3n) is 3.59. The summed E-state index contributed by atoms with van der Waals surface area (Å²) in [6.45, 7) is 0.496. The molecular formula is C13H20N4O2. The monoisotopic (exact) mass is 264 g/mol. The topological polar surface area (TPSA) is 105 Å². The van der Waals surface area contributed by atoms with Gasteiger partial charge in [0.15, 0.2) is 0 Å². The van der Waals surface area contributed by atoms with Crippen molar-refractivity contribution in [3.05, 3.63) is 17.8 Å². The summed E-state index contributed by atoms with van der Waals surface area (Å²) in [7, 11) is 0. The van der Waals surface area contributed by atoms with Crippen molar-refractivity contribution < 1.29 is 9.90 Å². The highest BCUT2D eigenvalue weighted by Crippen LogP contribution is 2.30. The van der Waals surface area contributed by atoms with E-state index in [0.29, 0.717) is 23.8 Å². The molecule has 0 radical (unpaired) electrons. The van der Waals surface area contributed by atoms with Gasteiger partial charge in [-0.2, -0.15) is 0 Å². The van der Waals surface area contributed by atoms with Crippen LogP contribution in [0.2, 0.25) is 0 Å². The molecule has 1 aromatic heterocycles. The molecule has 0 bridgehead atoms. The second-order valence-electron chi connectivity index (χ2n) is 4.85. The van der Waals surface area contributed by atoms with Gasteiger partial charge in [0.2, 0.25) is 0 Å². The van der Waals surface area contributed by atoms with Crippen LogP contribution in [-0.2, 0) is 0 Å². The molecule has 0 aromatic carbocycles. The number of aliphatic hydroxyl groups is 1. The number of aromatic nitrogens is 1. The maximum absolute atomic E-state index is 11.5. The second kappa shape index (κ2) is 5.88. The molecule has 1 aromatic rings. The Balaban J connectivity index is 2.37. The average Bonchev–Trinajstić information content (AvgIpc) is 2.90. The normalized spacial score (nSPS) is 15.6. The van der Waals surface area contributed by atoms with E-state index in [9.17, 15) is 9.90 Å². The summed E-state index contributed by atoms with van der Waals surface area (Å²) in [6, 6.07) is 1.83. The number of nitrogens with zero attached hydrogens (tertiary/aromatic N) is 2. The van der Waals surface area contributed by atoms with Gasteiger partial charge < -0.3 is 21.5 Å². The zero-order chi connectivity index (χ0) is 13.8. The maximum atomic E-state index is 11.5. The van der Waals surface area contributed by atoms with E-state index in [4.69, 9.17) is 11.5 Å². The lowest BCUT2D eigenvalue weighted by Crippen LogP contribution is -2.37. The number of nitrogen functional groups attached to an aromatic ring is 1. The number of anilines is 2. The summed E-state index contributed by atoms with van der Waals surface area (Å²) in [5, 5.41) is 9.24. The predicted molar refractivity (Wildman–Crippen MR) is 73.9 cm³/mol. The number of hydrogen-bond donors (Lipinski definition) is 3. The van der Waals surface area contributed by atoms with Crippen molar-refractivity contribution in [2.75, 3.05) is 23.8 Å². The Morgan fingerprint density at radius 1 is 1.47 bits per heavy atom. The molecule has 0 unspecified atom stereocenters. The van der Waals surface area contributed by atoms with Crippen molar-refractivity contribution in [1.29, 1.82) is 0 Å². The molecule has 1 amide bonds. The minimum Gasteiger partial charge on any atom is -0.395 e. The third kappa shape index (κ3) is 2.96. The average molecular weight is 264 g/mol. The first kappa shape index (κ1) is 13.6. The van der Waals surface area contributed by atoms with Crippen LogP contribution in [0.25, 0.3) is 0 Å². The standard InChI is InChI=1S/C13H20N4O2/c14-12-7-10(13(15)19)11(8-16-12)17(5-6-18)9-3-1-2-4-9/h7-9,18H,1-6H2,(H2,14,16)(H2,15,19). The summed E-state index contributed by atoms with van der Waals surface area (Å²) in [4.78, 5) is 17.6. The lowest BCUT2D eigenvalue weighted by atomic mass is 10.1. The predicted octanol–water partition coefficient (Wildman–Crippen LogP) is 0.504. The van der Waals surface area contributed by atoms with E-state index in [1.165, 1.54) is 18.9 Å². The van der Waals surface area contributed by atoms with Crippen LogP contribution in [0.4, 0.5) is 11.5 Å². The summed E-state index contributed by atoms with van der Waals surface area (Å²) in [5.74, 6) is -0.252. The molecule has 1 aliphatic carbocycles. The van der Waals surface area contributed by atoms with E-state index in [2.05, 4.69) is 4.98 Å². The molecule has 1 fully saturated rings. The number of amides is 1. The first-order valence-electron chi connectivity index (χ1n) is 6.56. The number of primary amides is 1. The van der Waals surface area contributed by atoms with Crippen molar-refractivity contribution in [1.82, 2.24) is 4.98 Å². The Bertz CT molecular complexity index is 458. The van der Waals surface area contributed by atoms with Crippen LogP contribution in [0.5, 0.6) is 0 Å². The van der Waals surface area contributed by atoms with Crippen LogP contribution in [0.3, 0.4) is 0 Å². The van der Waals surface area contributed by atoms with Gasteiger partial charge in [-0.1, -0.05) is 12.8 Å². The van der Waals surface area contributed by atoms with E-state index < -0.39 is 5.91 Å². The molecule has 6 nitrogen and oxygen atoms in total. The van der Waals surface area contributed by atoms with Crippen LogP contribution in [0.1, 0.15) is 36.0 Å². The molecule has 0 spiro atoms. The highest BCUT2D eigenvalue weighted by Gasteiger charge is 2.25. The fraction of sp³-hybridized carbons (Fsp3) is 0.538. The van der Waals surface area contributed by atoms with Crippen LogP contribution >= 0.6 is 0 Å². The van der Waals surface area contributed by atoms with Gasteiger partial charge in [-0.25, -0.2) is 4.98 Å². The van der Waals surface area contributed by atoms with Crippen molar-refractivity contribution >= 4 is 17.4 Å². The zero-order valence-corrected chi connectivity index (χ0v) is 10.9. The molecule has 1 saturated carbocycles. The summed E-state index contributed by atoms with van der Waals surface area (Å²) in [6.07, 6.45) is 6.02. The van der Waals surface area contributed by atoms with E-state index in [1.807, 2.05) is 4.90 Å². The second-order valence-corrected chi connectivity index (χ2v) is 4.85. The summed E-state index contributed by atoms with van der Waals surface area (Å²) < 4.78 is 0. The fourth-order valence-electron chi connectivity index (χ4n) is 2.71. The van der Waals surface area contributed by atoms with Crippen molar-refractivity contribution in [2.24, 2.45) is 5.73 Å². The Kier molecular flexibility index (Phi) is 4.21. The highest BCUT2D eigenvalue weighted by atomic mass is 16.3. The molecule has 0 aliphatic heterocycles. The molecule has 0 saturated heterocycles. The first-order chi connectivity index (χ1) is 9.13. The number of nitrogens with two attached hydrogens (primary N) is 2. The molecule has 2 rings (SSSR count). The Morgan fingerprint density at radius 2 is 2.16 bits per heavy atom. The minimum atomic E-state index is -0.523. The van der Waals surface area contributed by atoms with Gasteiger partial charge in [-0.05, 0) is 18.9 Å². The fourth-order valence-corrected chi connectivity index (χ4v) is 2.71. The third-order valence-corrected chi connectivity index (χ3v) is 3.59. The molecular weight excluding hydrogens is 244 g/mol. The van der Waals surface area contributed by atoms with E-state index in [1.54, 1.807) is 6.20 Å². The van der Waals surface area contributed by atoms with Gasteiger partial charge >= 0.3 is 0 Å². The van der Waals surface area contributed by atoms with Crippen molar-refractivity contribution in [3.63, 3.8) is 0 Å². The minimum absolute atomic E-state index is 0.0269. The molecule has 5 N–H and O–H groups in total. The van der Waals surface area contributed by atoms with Crippen LogP contribution in [0.15, 0.2) is 12.3 Å². The smallest absolute Gasteiger partial charge is 0.251 e. The molecule has 104 valence electrons. The summed E-state index contributed by atoms with van der Waals surface area (Å²) >= 11 is 0. The lowest BCUT2D eigenvalue weighted by molar-refractivity contribution is 0.100. The highest BCUT2D eigenvalue weighted by molar-refractivity contribution is 5.99. The van der Waals surface area contributed by atoms with Gasteiger partial charge in [-0.3, -0.25) is 4.79 Å². The van der Waals surface area contributed by atoms with Gasteiger partial charge in [-0.15, -0.1) is 0 Å². The number of carbonyl (C=O) groups is 1. The lowest BCUT2D eigenvalue weighted by Gasteiger charge is -2.31. The number of rotatable bonds is 5. The maximum Gasteiger partial charge on any atom is 0.251 e. The quantitative estimate of drug-likeness (QED) is 0.718. The largest absolute Gasteiger partial charge is 0.395 e. The van der Waals surface area contributed by atoms with E-state index in [0.717, 1.165) is 12.8 Å². The van der Waals surface area contributed by atoms with Crippen LogP contribution in [-0.4, -0.2) is 35.2 Å². The number of carbonyl (C=O) groups excluding carboxylic acids is 1. The number of aliphatic hydroxyl groups excluding tert-OH is 1. The van der Waals surface area contributed by atoms with Gasteiger partial charge in [0, 0.05) is 12.6 Å². The number of pyridine rings is 1. The van der Waals surface area contributed by atoms with Crippen molar-refractivity contribution in [2.45, 2.75) is 31.7 Å². The van der Waals surface area contributed by atoms with Crippen LogP contribution in [0, 0.1) is 0 Å². The Morgan fingerprint density at radius 3 is 2.74 bits per heavy atom.